The molecule has 0 bridgehead atoms. The monoisotopic (exact) mass is 436 g/mol. The van der Waals surface area contributed by atoms with Gasteiger partial charge in [0.05, 0.1) is 10.9 Å². The molecule has 2 aromatic carbocycles. The van der Waals surface area contributed by atoms with Gasteiger partial charge in [-0.1, -0.05) is 54.2 Å². The van der Waals surface area contributed by atoms with E-state index < -0.39 is 0 Å². The zero-order valence-corrected chi connectivity index (χ0v) is 18.0. The Hall–Kier alpha value is -3.26. The summed E-state index contributed by atoms with van der Waals surface area (Å²) in [5.74, 6) is 0.490. The Morgan fingerprint density at radius 3 is 2.61 bits per heavy atom. The van der Waals surface area contributed by atoms with Gasteiger partial charge in [0.15, 0.2) is 11.0 Å². The Morgan fingerprint density at radius 1 is 1.16 bits per heavy atom. The Bertz CT molecular complexity index is 1130. The number of hydrogen-bond acceptors (Lipinski definition) is 6. The van der Waals surface area contributed by atoms with Gasteiger partial charge in [0.2, 0.25) is 5.89 Å². The summed E-state index contributed by atoms with van der Waals surface area (Å²) in [7, 11) is 0. The van der Waals surface area contributed by atoms with Gasteiger partial charge in [-0.15, -0.1) is 0 Å². The van der Waals surface area contributed by atoms with Gasteiger partial charge >= 0.3 is 0 Å². The molecule has 0 spiro atoms. The van der Waals surface area contributed by atoms with Crippen LogP contribution in [0.2, 0.25) is 0 Å². The number of carbonyl (C=O) groups excluding carboxylic acids is 1. The fourth-order valence-corrected chi connectivity index (χ4v) is 4.02. The third kappa shape index (κ3) is 4.74. The van der Waals surface area contributed by atoms with Crippen LogP contribution in [-0.2, 0) is 11.2 Å². The molecule has 3 aromatic rings. The number of halogens is 1. The summed E-state index contributed by atoms with van der Waals surface area (Å²) in [5.41, 5.74) is 1.72. The van der Waals surface area contributed by atoms with Gasteiger partial charge in [-0.05, 0) is 49.2 Å². The summed E-state index contributed by atoms with van der Waals surface area (Å²) in [6.45, 7) is 3.97. The first-order valence-corrected chi connectivity index (χ1v) is 10.9. The van der Waals surface area contributed by atoms with Crippen LogP contribution in [0.25, 0.3) is 6.08 Å². The Morgan fingerprint density at radius 2 is 1.90 bits per heavy atom. The molecule has 1 aliphatic rings. The number of amidine groups is 1. The van der Waals surface area contributed by atoms with E-state index in [0.717, 1.165) is 18.4 Å². The number of carbonyl (C=O) groups is 1. The summed E-state index contributed by atoms with van der Waals surface area (Å²) in [5, 5.41) is 4.26. The Balaban J connectivity index is 1.66. The van der Waals surface area contributed by atoms with E-state index in [1.54, 1.807) is 18.2 Å². The number of hydrogen-bond donors (Lipinski definition) is 0. The fraction of sp³-hybridized carbons (Fsp3) is 0.217. The molecule has 2 heterocycles. The maximum absolute atomic E-state index is 13.5. The molecule has 0 fully saturated rings. The van der Waals surface area contributed by atoms with Crippen molar-refractivity contribution in [2.24, 2.45) is 4.99 Å². The maximum atomic E-state index is 13.5. The molecule has 1 aromatic heterocycles. The van der Waals surface area contributed by atoms with Crippen LogP contribution in [0, 0.1) is 5.82 Å². The minimum absolute atomic E-state index is 0.219. The molecule has 1 aliphatic heterocycles. The third-order valence-corrected chi connectivity index (χ3v) is 5.64. The average Bonchev–Trinajstić information content (AvgIpc) is 3.35. The SMILES string of the molecule is CCCc1noc([C@@H](C)SC2=N/C(=C/c3ccccc3)C(=O)N2c2ccc(F)cc2)n1. The van der Waals surface area contributed by atoms with Crippen LogP contribution >= 0.6 is 11.8 Å². The summed E-state index contributed by atoms with van der Waals surface area (Å²) in [6.07, 6.45) is 3.41. The highest BCUT2D eigenvalue weighted by Crippen LogP contribution is 2.36. The molecule has 0 saturated heterocycles. The van der Waals surface area contributed by atoms with Crippen LogP contribution in [0.3, 0.4) is 0 Å². The van der Waals surface area contributed by atoms with Crippen molar-refractivity contribution in [2.75, 3.05) is 4.90 Å². The highest BCUT2D eigenvalue weighted by Gasteiger charge is 2.34. The van der Waals surface area contributed by atoms with Gasteiger partial charge in [0, 0.05) is 6.42 Å². The zero-order valence-electron chi connectivity index (χ0n) is 17.2. The number of thioether (sulfide) groups is 1. The predicted molar refractivity (Wildman–Crippen MR) is 120 cm³/mol. The van der Waals surface area contributed by atoms with Crippen LogP contribution in [-0.4, -0.2) is 21.2 Å². The topological polar surface area (TPSA) is 71.6 Å². The van der Waals surface area contributed by atoms with Gasteiger partial charge < -0.3 is 4.52 Å². The summed E-state index contributed by atoms with van der Waals surface area (Å²) >= 11 is 1.34. The van der Waals surface area contributed by atoms with Gasteiger partial charge in [0.1, 0.15) is 11.5 Å². The van der Waals surface area contributed by atoms with Gasteiger partial charge in [0.25, 0.3) is 5.91 Å². The molecule has 1 amide bonds. The summed E-state index contributed by atoms with van der Waals surface area (Å²) in [4.78, 5) is 23.7. The molecule has 6 nitrogen and oxygen atoms in total. The summed E-state index contributed by atoms with van der Waals surface area (Å²) < 4.78 is 18.8. The van der Waals surface area contributed by atoms with Crippen molar-refractivity contribution in [1.29, 1.82) is 0 Å². The molecule has 0 unspecified atom stereocenters. The molecule has 31 heavy (non-hydrogen) atoms. The number of anilines is 1. The van der Waals surface area contributed by atoms with Gasteiger partial charge in [-0.2, -0.15) is 4.98 Å². The molecule has 0 N–H and O–H groups in total. The molecule has 1 atom stereocenters. The maximum Gasteiger partial charge on any atom is 0.283 e. The molecule has 4 rings (SSSR count). The number of aryl methyl sites for hydroxylation is 1. The quantitative estimate of drug-likeness (QED) is 0.484. The first kappa shape index (κ1) is 21.0. The van der Waals surface area contributed by atoms with E-state index >= 15 is 0 Å². The number of aromatic nitrogens is 2. The second kappa shape index (κ2) is 9.26. The smallest absolute Gasteiger partial charge is 0.283 e. The first-order chi connectivity index (χ1) is 15.0. The lowest BCUT2D eigenvalue weighted by atomic mass is 10.2. The number of amides is 1. The van der Waals surface area contributed by atoms with E-state index in [9.17, 15) is 9.18 Å². The number of nitrogens with zero attached hydrogens (tertiary/aromatic N) is 4. The van der Waals surface area contributed by atoms with E-state index in [1.165, 1.54) is 28.8 Å². The van der Waals surface area contributed by atoms with Crippen LogP contribution in [0.4, 0.5) is 10.1 Å². The Kier molecular flexibility index (Phi) is 6.27. The van der Waals surface area contributed by atoms with Crippen LogP contribution in [0.5, 0.6) is 0 Å². The average molecular weight is 437 g/mol. The zero-order chi connectivity index (χ0) is 21.8. The standard InChI is InChI=1S/C23H21FN4O2S/c1-3-7-20-26-21(30-27-20)15(2)31-23-25-19(14-16-8-5-4-6-9-16)22(29)28(23)18-12-10-17(24)11-13-18/h4-6,8-15H,3,7H2,1-2H3/b19-14+/t15-/m1/s1. The molecular weight excluding hydrogens is 415 g/mol. The highest BCUT2D eigenvalue weighted by atomic mass is 32.2. The second-order valence-corrected chi connectivity index (χ2v) is 8.32. The van der Waals surface area contributed by atoms with Crippen LogP contribution in [0.15, 0.2) is 69.8 Å². The second-order valence-electron chi connectivity index (χ2n) is 7.01. The molecule has 8 heteroatoms. The molecule has 158 valence electrons. The largest absolute Gasteiger partial charge is 0.338 e. The Labute approximate surface area is 183 Å². The minimum Gasteiger partial charge on any atom is -0.338 e. The fourth-order valence-electron chi connectivity index (χ4n) is 3.07. The lowest BCUT2D eigenvalue weighted by molar-refractivity contribution is -0.113. The van der Waals surface area contributed by atoms with E-state index in [2.05, 4.69) is 15.1 Å². The van der Waals surface area contributed by atoms with Crippen molar-refractivity contribution in [3.63, 3.8) is 0 Å². The number of aliphatic imine (C=N–C) groups is 1. The third-order valence-electron chi connectivity index (χ3n) is 4.60. The van der Waals surface area contributed by atoms with E-state index in [1.807, 2.05) is 44.2 Å². The van der Waals surface area contributed by atoms with E-state index in [4.69, 9.17) is 4.52 Å². The van der Waals surface area contributed by atoms with Crippen LogP contribution in [0.1, 0.15) is 42.8 Å². The van der Waals surface area contributed by atoms with Gasteiger partial charge in [-0.25, -0.2) is 9.38 Å². The summed E-state index contributed by atoms with van der Waals surface area (Å²) in [6, 6.07) is 15.3. The van der Waals surface area contributed by atoms with Crippen molar-refractivity contribution in [3.05, 3.63) is 83.4 Å². The lowest BCUT2D eigenvalue weighted by Crippen LogP contribution is -2.30. The normalized spacial score (nSPS) is 16.1. The molecule has 0 aliphatic carbocycles. The van der Waals surface area contributed by atoms with Crippen molar-refractivity contribution >= 4 is 34.6 Å². The van der Waals surface area contributed by atoms with E-state index in [-0.39, 0.29) is 17.0 Å². The minimum atomic E-state index is -0.371. The first-order valence-electron chi connectivity index (χ1n) is 9.99. The molecule has 0 saturated carbocycles. The van der Waals surface area contributed by atoms with E-state index in [0.29, 0.717) is 28.3 Å². The van der Waals surface area contributed by atoms with Gasteiger partial charge in [-0.3, -0.25) is 9.69 Å². The molecule has 0 radical (unpaired) electrons. The van der Waals surface area contributed by atoms with Crippen molar-refractivity contribution in [2.45, 2.75) is 31.9 Å². The van der Waals surface area contributed by atoms with Crippen molar-refractivity contribution < 1.29 is 13.7 Å². The highest BCUT2D eigenvalue weighted by molar-refractivity contribution is 8.14. The van der Waals surface area contributed by atoms with Crippen molar-refractivity contribution in [3.8, 4) is 0 Å². The number of benzene rings is 2. The predicted octanol–water partition coefficient (Wildman–Crippen LogP) is 5.40. The van der Waals surface area contributed by atoms with Crippen LogP contribution < -0.4 is 4.90 Å². The van der Waals surface area contributed by atoms with Crippen molar-refractivity contribution in [1.82, 2.24) is 10.1 Å². The lowest BCUT2D eigenvalue weighted by Gasteiger charge is -2.19. The number of rotatable bonds is 6. The molecular formula is C23H21FN4O2S.